The van der Waals surface area contributed by atoms with E-state index in [9.17, 15) is 9.18 Å². The summed E-state index contributed by atoms with van der Waals surface area (Å²) < 4.78 is 12.7. The third kappa shape index (κ3) is 1.33. The Morgan fingerprint density at radius 1 is 1.50 bits per heavy atom. The van der Waals surface area contributed by atoms with Crippen molar-refractivity contribution in [1.82, 2.24) is 0 Å². The number of halogens is 2. The summed E-state index contributed by atoms with van der Waals surface area (Å²) in [7, 11) is 0. The number of nitrogens with two attached hydrogens (primary N) is 2. The highest BCUT2D eigenvalue weighted by molar-refractivity contribution is 6.34. The maximum atomic E-state index is 12.7. The molecule has 5 heteroatoms. The molecule has 1 amide bonds. The normalized spacial score (nSPS) is 9.83. The van der Waals surface area contributed by atoms with Gasteiger partial charge in [0.25, 0.3) is 5.91 Å². The fraction of sp³-hybridized carbons (Fsp3) is 0. The van der Waals surface area contributed by atoms with Crippen LogP contribution in [0.25, 0.3) is 0 Å². The van der Waals surface area contributed by atoms with Gasteiger partial charge in [-0.05, 0) is 12.1 Å². The molecule has 0 saturated heterocycles. The van der Waals surface area contributed by atoms with Gasteiger partial charge in [0.2, 0.25) is 0 Å². The number of carbonyl (C=O) groups is 1. The summed E-state index contributed by atoms with van der Waals surface area (Å²) >= 11 is 5.55. The number of hydrogen-bond donors (Lipinski definition) is 2. The molecule has 0 spiro atoms. The van der Waals surface area contributed by atoms with E-state index < -0.39 is 11.7 Å². The number of carbonyl (C=O) groups excluding carboxylic acids is 1. The lowest BCUT2D eigenvalue weighted by Crippen LogP contribution is -2.15. The summed E-state index contributed by atoms with van der Waals surface area (Å²) in [5.41, 5.74) is 9.66. The molecule has 4 N–H and O–H groups in total. The zero-order valence-corrected chi connectivity index (χ0v) is 6.73. The first-order chi connectivity index (χ1) is 5.54. The van der Waals surface area contributed by atoms with Gasteiger partial charge in [0.1, 0.15) is 5.82 Å². The van der Waals surface area contributed by atoms with Crippen LogP contribution in [0.5, 0.6) is 0 Å². The van der Waals surface area contributed by atoms with Crippen molar-refractivity contribution in [2.45, 2.75) is 0 Å². The first kappa shape index (κ1) is 8.80. The molecular formula is C7H6ClFN2O. The first-order valence-corrected chi connectivity index (χ1v) is 3.45. The molecule has 0 saturated carbocycles. The van der Waals surface area contributed by atoms with E-state index in [1.54, 1.807) is 0 Å². The molecule has 12 heavy (non-hydrogen) atoms. The molecule has 0 aromatic heterocycles. The summed E-state index contributed by atoms with van der Waals surface area (Å²) in [6, 6.07) is 2.30. The van der Waals surface area contributed by atoms with Crippen molar-refractivity contribution in [2.75, 3.05) is 5.73 Å². The van der Waals surface area contributed by atoms with Crippen LogP contribution in [0.2, 0.25) is 5.02 Å². The van der Waals surface area contributed by atoms with Crippen molar-refractivity contribution in [1.29, 1.82) is 0 Å². The van der Waals surface area contributed by atoms with Crippen molar-refractivity contribution in [3.05, 3.63) is 28.5 Å². The van der Waals surface area contributed by atoms with Gasteiger partial charge in [0.15, 0.2) is 0 Å². The number of nitrogen functional groups attached to an aromatic ring is 1. The van der Waals surface area contributed by atoms with Gasteiger partial charge in [-0.25, -0.2) is 4.39 Å². The van der Waals surface area contributed by atoms with E-state index in [-0.39, 0.29) is 16.3 Å². The van der Waals surface area contributed by atoms with E-state index in [4.69, 9.17) is 23.1 Å². The van der Waals surface area contributed by atoms with Crippen LogP contribution in [0, 0.1) is 5.82 Å². The zero-order chi connectivity index (χ0) is 9.30. The van der Waals surface area contributed by atoms with E-state index in [1.165, 1.54) is 6.07 Å². The van der Waals surface area contributed by atoms with Gasteiger partial charge in [-0.3, -0.25) is 4.79 Å². The number of amides is 1. The largest absolute Gasteiger partial charge is 0.396 e. The average Bonchev–Trinajstić information content (AvgIpc) is 1.97. The second-order valence-corrected chi connectivity index (χ2v) is 2.59. The molecule has 0 aliphatic heterocycles. The number of primary amides is 1. The van der Waals surface area contributed by atoms with Crippen molar-refractivity contribution in [2.24, 2.45) is 5.73 Å². The van der Waals surface area contributed by atoms with Gasteiger partial charge in [0.05, 0.1) is 16.3 Å². The number of benzene rings is 1. The number of rotatable bonds is 1. The second kappa shape index (κ2) is 2.98. The van der Waals surface area contributed by atoms with Crippen molar-refractivity contribution in [3.8, 4) is 0 Å². The monoisotopic (exact) mass is 188 g/mol. The third-order valence-corrected chi connectivity index (χ3v) is 1.70. The fourth-order valence-corrected chi connectivity index (χ4v) is 1.08. The van der Waals surface area contributed by atoms with Crippen LogP contribution >= 0.6 is 11.6 Å². The summed E-state index contributed by atoms with van der Waals surface area (Å²) in [6.45, 7) is 0. The molecule has 64 valence electrons. The van der Waals surface area contributed by atoms with Gasteiger partial charge in [0, 0.05) is 0 Å². The Kier molecular flexibility index (Phi) is 2.19. The minimum absolute atomic E-state index is 0.0569. The average molecular weight is 189 g/mol. The molecule has 1 aromatic carbocycles. The lowest BCUT2D eigenvalue weighted by molar-refractivity contribution is 0.100. The molecule has 0 aliphatic rings. The van der Waals surface area contributed by atoms with E-state index >= 15 is 0 Å². The minimum atomic E-state index is -0.836. The molecule has 0 fully saturated rings. The van der Waals surface area contributed by atoms with Gasteiger partial charge < -0.3 is 11.5 Å². The molecule has 0 atom stereocenters. The Labute approximate surface area is 73.1 Å². The molecular weight excluding hydrogens is 183 g/mol. The van der Waals surface area contributed by atoms with E-state index in [1.807, 2.05) is 0 Å². The van der Waals surface area contributed by atoms with Gasteiger partial charge in [-0.1, -0.05) is 11.6 Å². The van der Waals surface area contributed by atoms with Crippen LogP contribution in [0.15, 0.2) is 12.1 Å². The Morgan fingerprint density at radius 2 is 2.08 bits per heavy atom. The van der Waals surface area contributed by atoms with Crippen molar-refractivity contribution in [3.63, 3.8) is 0 Å². The molecule has 1 aromatic rings. The Morgan fingerprint density at radius 3 is 2.50 bits per heavy atom. The molecule has 0 radical (unpaired) electrons. The molecule has 0 heterocycles. The van der Waals surface area contributed by atoms with E-state index in [2.05, 4.69) is 0 Å². The number of anilines is 1. The predicted molar refractivity (Wildman–Crippen MR) is 44.3 cm³/mol. The van der Waals surface area contributed by atoms with Crippen LogP contribution in [-0.2, 0) is 0 Å². The maximum absolute atomic E-state index is 12.7. The summed E-state index contributed by atoms with van der Waals surface area (Å²) in [4.78, 5) is 10.7. The predicted octanol–water partition coefficient (Wildman–Crippen LogP) is 1.16. The van der Waals surface area contributed by atoms with Crippen LogP contribution in [0.1, 0.15) is 10.4 Å². The molecule has 0 bridgehead atoms. The first-order valence-electron chi connectivity index (χ1n) is 3.07. The number of hydrogen-bond acceptors (Lipinski definition) is 2. The minimum Gasteiger partial charge on any atom is -0.396 e. The summed E-state index contributed by atoms with van der Waals surface area (Å²) in [6.07, 6.45) is 0. The van der Waals surface area contributed by atoms with E-state index in [0.717, 1.165) is 6.07 Å². The highest BCUT2D eigenvalue weighted by Crippen LogP contribution is 2.23. The van der Waals surface area contributed by atoms with Crippen LogP contribution in [0.3, 0.4) is 0 Å². The molecule has 0 unspecified atom stereocenters. The van der Waals surface area contributed by atoms with Crippen LogP contribution in [0.4, 0.5) is 10.1 Å². The molecule has 1 rings (SSSR count). The van der Waals surface area contributed by atoms with Gasteiger partial charge >= 0.3 is 0 Å². The summed E-state index contributed by atoms with van der Waals surface area (Å²) in [5, 5.41) is 0.0569. The Bertz CT molecular complexity index is 340. The Balaban J connectivity index is 3.43. The lowest BCUT2D eigenvalue weighted by atomic mass is 10.1. The smallest absolute Gasteiger partial charge is 0.252 e. The lowest BCUT2D eigenvalue weighted by Gasteiger charge is -2.03. The Hall–Kier alpha value is -1.29. The highest BCUT2D eigenvalue weighted by Gasteiger charge is 2.13. The van der Waals surface area contributed by atoms with Crippen LogP contribution < -0.4 is 11.5 Å². The standard InChI is InChI=1S/C7H6ClFN2O/c8-3-1-2-4(9)6(10)5(3)7(11)12/h1-2H,10H2,(H2,11,12). The van der Waals surface area contributed by atoms with Crippen molar-refractivity contribution >= 4 is 23.2 Å². The van der Waals surface area contributed by atoms with Crippen molar-refractivity contribution < 1.29 is 9.18 Å². The topological polar surface area (TPSA) is 69.1 Å². The quantitative estimate of drug-likeness (QED) is 0.650. The SMILES string of the molecule is NC(=O)c1c(Cl)ccc(F)c1N. The van der Waals surface area contributed by atoms with Gasteiger partial charge in [-0.2, -0.15) is 0 Å². The molecule has 3 nitrogen and oxygen atoms in total. The van der Waals surface area contributed by atoms with Crippen LogP contribution in [-0.4, -0.2) is 5.91 Å². The van der Waals surface area contributed by atoms with Gasteiger partial charge in [-0.15, -0.1) is 0 Å². The van der Waals surface area contributed by atoms with E-state index in [0.29, 0.717) is 0 Å². The summed E-state index contributed by atoms with van der Waals surface area (Å²) in [5.74, 6) is -1.54. The highest BCUT2D eigenvalue weighted by atomic mass is 35.5. The zero-order valence-electron chi connectivity index (χ0n) is 5.97. The maximum Gasteiger partial charge on any atom is 0.252 e. The third-order valence-electron chi connectivity index (χ3n) is 1.39. The second-order valence-electron chi connectivity index (χ2n) is 2.18. The fourth-order valence-electron chi connectivity index (χ4n) is 0.818. The molecule has 0 aliphatic carbocycles.